The number of amides is 2. The van der Waals surface area contributed by atoms with Crippen LogP contribution in [-0.2, 0) is 9.59 Å². The molecule has 1 aromatic carbocycles. The van der Waals surface area contributed by atoms with Gasteiger partial charge in [-0.05, 0) is 56.4 Å². The number of nitrogens with one attached hydrogen (secondary N) is 1. The van der Waals surface area contributed by atoms with Gasteiger partial charge in [-0.3, -0.25) is 9.59 Å². The smallest absolute Gasteiger partial charge is 0.313 e. The van der Waals surface area contributed by atoms with E-state index in [4.69, 9.17) is 5.11 Å². The topological polar surface area (TPSA) is 69.6 Å². The molecule has 1 heterocycles. The number of piperidine rings is 1. The van der Waals surface area contributed by atoms with E-state index < -0.39 is 11.8 Å². The van der Waals surface area contributed by atoms with Crippen molar-refractivity contribution in [2.24, 2.45) is 0 Å². The Morgan fingerprint density at radius 2 is 2.18 bits per heavy atom. The second kappa shape index (κ2) is 7.74. The number of rotatable bonds is 3. The summed E-state index contributed by atoms with van der Waals surface area (Å²) < 4.78 is 0.924. The summed E-state index contributed by atoms with van der Waals surface area (Å²) in [4.78, 5) is 26.2. The molecule has 1 unspecified atom stereocenters. The fourth-order valence-corrected chi connectivity index (χ4v) is 3.27. The average Bonchev–Trinajstić information content (AvgIpc) is 2.50. The summed E-state index contributed by atoms with van der Waals surface area (Å²) >= 11 is 3.37. The number of anilines is 1. The molecule has 1 aliphatic heterocycles. The summed E-state index contributed by atoms with van der Waals surface area (Å²) in [5.41, 5.74) is 1.53. The molecule has 2 amide bonds. The highest BCUT2D eigenvalue weighted by molar-refractivity contribution is 9.10. The van der Waals surface area contributed by atoms with E-state index in [1.165, 1.54) is 0 Å². The Labute approximate surface area is 138 Å². The van der Waals surface area contributed by atoms with Gasteiger partial charge >= 0.3 is 11.8 Å². The lowest BCUT2D eigenvalue weighted by Gasteiger charge is -2.35. The van der Waals surface area contributed by atoms with Gasteiger partial charge in [0.25, 0.3) is 0 Å². The molecule has 22 heavy (non-hydrogen) atoms. The van der Waals surface area contributed by atoms with Crippen molar-refractivity contribution in [1.82, 2.24) is 4.90 Å². The van der Waals surface area contributed by atoms with Crippen LogP contribution in [0.15, 0.2) is 22.7 Å². The minimum atomic E-state index is -0.615. The lowest BCUT2D eigenvalue weighted by molar-refractivity contribution is -0.146. The summed E-state index contributed by atoms with van der Waals surface area (Å²) in [6, 6.07) is 5.44. The van der Waals surface area contributed by atoms with Gasteiger partial charge in [-0.25, -0.2) is 0 Å². The van der Waals surface area contributed by atoms with Gasteiger partial charge in [0.1, 0.15) is 0 Å². The number of halogens is 1. The average molecular weight is 369 g/mol. The normalized spacial score (nSPS) is 18.1. The van der Waals surface area contributed by atoms with Crippen LogP contribution in [0.5, 0.6) is 0 Å². The van der Waals surface area contributed by atoms with Crippen molar-refractivity contribution in [3.05, 3.63) is 28.2 Å². The van der Waals surface area contributed by atoms with Crippen LogP contribution in [0.3, 0.4) is 0 Å². The molecule has 1 aliphatic rings. The van der Waals surface area contributed by atoms with E-state index in [1.807, 2.05) is 19.1 Å². The molecule has 120 valence electrons. The zero-order valence-electron chi connectivity index (χ0n) is 12.6. The van der Waals surface area contributed by atoms with Gasteiger partial charge in [0, 0.05) is 29.4 Å². The number of carbonyl (C=O) groups excluding carboxylic acids is 2. The van der Waals surface area contributed by atoms with Crippen molar-refractivity contribution in [2.45, 2.75) is 38.6 Å². The zero-order chi connectivity index (χ0) is 16.1. The number of benzene rings is 1. The minimum Gasteiger partial charge on any atom is -0.396 e. The number of aliphatic hydroxyl groups is 1. The monoisotopic (exact) mass is 368 g/mol. The predicted molar refractivity (Wildman–Crippen MR) is 88.6 cm³/mol. The highest BCUT2D eigenvalue weighted by atomic mass is 79.9. The molecule has 0 spiro atoms. The van der Waals surface area contributed by atoms with Crippen molar-refractivity contribution in [3.8, 4) is 0 Å². The molecule has 0 radical (unpaired) electrons. The first kappa shape index (κ1) is 17.0. The molecule has 2 N–H and O–H groups in total. The number of aryl methyl sites for hydroxylation is 1. The van der Waals surface area contributed by atoms with Crippen molar-refractivity contribution >= 4 is 33.4 Å². The molecular weight excluding hydrogens is 348 g/mol. The molecule has 0 saturated carbocycles. The number of hydrogen-bond acceptors (Lipinski definition) is 3. The van der Waals surface area contributed by atoms with E-state index in [0.717, 1.165) is 29.3 Å². The lowest BCUT2D eigenvalue weighted by atomic mass is 9.99. The van der Waals surface area contributed by atoms with Crippen LogP contribution in [0.2, 0.25) is 0 Å². The highest BCUT2D eigenvalue weighted by Crippen LogP contribution is 2.22. The lowest BCUT2D eigenvalue weighted by Crippen LogP contribution is -2.48. The minimum absolute atomic E-state index is 0.0296. The van der Waals surface area contributed by atoms with E-state index in [9.17, 15) is 9.59 Å². The molecule has 0 aliphatic carbocycles. The molecule has 1 fully saturated rings. The third-order valence-corrected chi connectivity index (χ3v) is 4.47. The maximum Gasteiger partial charge on any atom is 0.313 e. The van der Waals surface area contributed by atoms with E-state index in [1.54, 1.807) is 11.0 Å². The third-order valence-electron chi connectivity index (χ3n) is 3.98. The quantitative estimate of drug-likeness (QED) is 0.805. The SMILES string of the molecule is Cc1cc(Br)ccc1NC(=O)C(=O)N1CCCCC1CCO. The van der Waals surface area contributed by atoms with E-state index in [2.05, 4.69) is 21.2 Å². The first-order chi connectivity index (χ1) is 10.5. The van der Waals surface area contributed by atoms with Crippen molar-refractivity contribution < 1.29 is 14.7 Å². The van der Waals surface area contributed by atoms with Crippen LogP contribution in [-0.4, -0.2) is 41.0 Å². The van der Waals surface area contributed by atoms with Crippen LogP contribution < -0.4 is 5.32 Å². The second-order valence-corrected chi connectivity index (χ2v) is 6.49. The van der Waals surface area contributed by atoms with Gasteiger partial charge in [0.05, 0.1) is 0 Å². The summed E-state index contributed by atoms with van der Waals surface area (Å²) in [5.74, 6) is -1.13. The third kappa shape index (κ3) is 4.08. The molecule has 1 atom stereocenters. The first-order valence-corrected chi connectivity index (χ1v) is 8.31. The number of carbonyl (C=O) groups is 2. The van der Waals surface area contributed by atoms with Gasteiger partial charge in [0.2, 0.25) is 0 Å². The Morgan fingerprint density at radius 1 is 1.41 bits per heavy atom. The van der Waals surface area contributed by atoms with Crippen molar-refractivity contribution in [2.75, 3.05) is 18.5 Å². The van der Waals surface area contributed by atoms with Gasteiger partial charge < -0.3 is 15.3 Å². The maximum atomic E-state index is 12.4. The molecule has 1 aromatic rings. The largest absolute Gasteiger partial charge is 0.396 e. The maximum absolute atomic E-state index is 12.4. The second-order valence-electron chi connectivity index (χ2n) is 5.57. The Bertz CT molecular complexity index is 560. The Balaban J connectivity index is 2.06. The summed E-state index contributed by atoms with van der Waals surface area (Å²) in [5, 5.41) is 11.8. The van der Waals surface area contributed by atoms with Crippen LogP contribution in [0.1, 0.15) is 31.2 Å². The Hall–Kier alpha value is -1.40. The number of likely N-dealkylation sites (tertiary alicyclic amines) is 1. The van der Waals surface area contributed by atoms with Crippen molar-refractivity contribution in [1.29, 1.82) is 0 Å². The summed E-state index contributed by atoms with van der Waals surface area (Å²) in [6.07, 6.45) is 3.30. The number of hydrogen-bond donors (Lipinski definition) is 2. The fraction of sp³-hybridized carbons (Fsp3) is 0.500. The molecule has 0 aromatic heterocycles. The molecule has 0 bridgehead atoms. The standard InChI is InChI=1S/C16H21BrN2O3/c1-11-10-12(17)5-6-14(11)18-15(21)16(22)19-8-3-2-4-13(19)7-9-20/h5-6,10,13,20H,2-4,7-9H2,1H3,(H,18,21). The van der Waals surface area contributed by atoms with Gasteiger partial charge in [-0.2, -0.15) is 0 Å². The van der Waals surface area contributed by atoms with Crippen LogP contribution in [0.25, 0.3) is 0 Å². The molecular formula is C16H21BrN2O3. The number of aliphatic hydroxyl groups excluding tert-OH is 1. The molecule has 6 heteroatoms. The predicted octanol–water partition coefficient (Wildman–Crippen LogP) is 2.46. The van der Waals surface area contributed by atoms with Crippen LogP contribution in [0.4, 0.5) is 5.69 Å². The van der Waals surface area contributed by atoms with Gasteiger partial charge in [0.15, 0.2) is 0 Å². The summed E-state index contributed by atoms with van der Waals surface area (Å²) in [6.45, 7) is 2.48. The number of nitrogens with zero attached hydrogens (tertiary/aromatic N) is 1. The fourth-order valence-electron chi connectivity index (χ4n) is 2.79. The Kier molecular flexibility index (Phi) is 5.97. The van der Waals surface area contributed by atoms with Gasteiger partial charge in [-0.15, -0.1) is 0 Å². The van der Waals surface area contributed by atoms with E-state index >= 15 is 0 Å². The van der Waals surface area contributed by atoms with E-state index in [0.29, 0.717) is 18.7 Å². The van der Waals surface area contributed by atoms with Gasteiger partial charge in [-0.1, -0.05) is 15.9 Å². The summed E-state index contributed by atoms with van der Waals surface area (Å²) in [7, 11) is 0. The Morgan fingerprint density at radius 3 is 2.86 bits per heavy atom. The molecule has 2 rings (SSSR count). The van der Waals surface area contributed by atoms with Crippen molar-refractivity contribution in [3.63, 3.8) is 0 Å². The molecule has 5 nitrogen and oxygen atoms in total. The highest BCUT2D eigenvalue weighted by Gasteiger charge is 2.30. The van der Waals surface area contributed by atoms with E-state index in [-0.39, 0.29) is 12.6 Å². The van der Waals surface area contributed by atoms with Crippen LogP contribution >= 0.6 is 15.9 Å². The van der Waals surface area contributed by atoms with Crippen LogP contribution in [0, 0.1) is 6.92 Å². The molecule has 1 saturated heterocycles. The first-order valence-electron chi connectivity index (χ1n) is 7.52. The zero-order valence-corrected chi connectivity index (χ0v) is 14.2.